The second kappa shape index (κ2) is 6.14. The van der Waals surface area contributed by atoms with Gasteiger partial charge in [-0.05, 0) is 30.9 Å². The summed E-state index contributed by atoms with van der Waals surface area (Å²) in [6.45, 7) is 0. The van der Waals surface area contributed by atoms with Crippen molar-refractivity contribution in [2.75, 3.05) is 5.32 Å². The lowest BCUT2D eigenvalue weighted by Gasteiger charge is -2.21. The van der Waals surface area contributed by atoms with Gasteiger partial charge in [-0.1, -0.05) is 0 Å². The Labute approximate surface area is 136 Å². The summed E-state index contributed by atoms with van der Waals surface area (Å²) >= 11 is 0. The van der Waals surface area contributed by atoms with Gasteiger partial charge in [0.15, 0.2) is 6.04 Å². The lowest BCUT2D eigenvalue weighted by molar-refractivity contribution is -0.156. The Hall–Kier alpha value is -2.58. The summed E-state index contributed by atoms with van der Waals surface area (Å²) in [7, 11) is 1.44. The van der Waals surface area contributed by atoms with Crippen LogP contribution < -0.4 is 10.6 Å². The molecule has 1 aliphatic rings. The number of halogens is 3. The molecule has 0 spiro atoms. The van der Waals surface area contributed by atoms with Gasteiger partial charge >= 0.3 is 12.2 Å². The first-order chi connectivity index (χ1) is 11.3. The Morgan fingerprint density at radius 3 is 2.79 bits per heavy atom. The van der Waals surface area contributed by atoms with Gasteiger partial charge in [-0.2, -0.15) is 13.2 Å². The average Bonchev–Trinajstić information content (AvgIpc) is 3.12. The van der Waals surface area contributed by atoms with E-state index in [-0.39, 0.29) is 5.82 Å². The zero-order valence-electron chi connectivity index (χ0n) is 12.9. The first-order valence-corrected chi connectivity index (χ1v) is 7.44. The number of fused-ring (bicyclic) bond motifs is 1. The van der Waals surface area contributed by atoms with Crippen LogP contribution in [0.4, 0.5) is 23.7 Å². The molecular weight excluding hydrogens is 323 g/mol. The monoisotopic (exact) mass is 339 g/mol. The van der Waals surface area contributed by atoms with E-state index in [1.165, 1.54) is 30.2 Å². The van der Waals surface area contributed by atoms with Crippen LogP contribution in [0, 0.1) is 0 Å². The van der Waals surface area contributed by atoms with Gasteiger partial charge in [0.05, 0.1) is 11.9 Å². The molecule has 1 atom stereocenters. The number of aromatic nitrogens is 3. The molecule has 0 aromatic carbocycles. The van der Waals surface area contributed by atoms with Crippen molar-refractivity contribution < 1.29 is 18.0 Å². The molecule has 9 heteroatoms. The summed E-state index contributed by atoms with van der Waals surface area (Å²) in [6.07, 6.45) is 2.16. The summed E-state index contributed by atoms with van der Waals surface area (Å²) in [5.74, 6) is -0.287. The van der Waals surface area contributed by atoms with Crippen LogP contribution >= 0.6 is 0 Å². The fraction of sp³-hybridized carbons (Fsp3) is 0.400. The van der Waals surface area contributed by atoms with Crippen molar-refractivity contribution in [3.05, 3.63) is 41.7 Å². The molecule has 2 N–H and O–H groups in total. The molecule has 128 valence electrons. The quantitative estimate of drug-likeness (QED) is 0.903. The van der Waals surface area contributed by atoms with E-state index in [1.54, 1.807) is 6.07 Å². The van der Waals surface area contributed by atoms with Crippen molar-refractivity contribution in [1.29, 1.82) is 0 Å². The minimum absolute atomic E-state index is 0.287. The summed E-state index contributed by atoms with van der Waals surface area (Å²) in [6, 6.07) is -1.40. The van der Waals surface area contributed by atoms with Gasteiger partial charge in [0.25, 0.3) is 0 Å². The fourth-order valence-electron chi connectivity index (χ4n) is 2.74. The number of hydrogen-bond acceptors (Lipinski definition) is 3. The number of pyridine rings is 1. The number of nitrogens with one attached hydrogen (secondary N) is 2. The zero-order chi connectivity index (χ0) is 17.3. The summed E-state index contributed by atoms with van der Waals surface area (Å²) in [5, 5.41) is 4.34. The van der Waals surface area contributed by atoms with Crippen molar-refractivity contribution in [2.24, 2.45) is 7.05 Å². The number of imidazole rings is 1. The second-order valence-corrected chi connectivity index (χ2v) is 5.65. The molecule has 0 fully saturated rings. The molecular formula is C15H16F3N5O. The smallest absolute Gasteiger partial charge is 0.336 e. The van der Waals surface area contributed by atoms with Crippen LogP contribution in [0.5, 0.6) is 0 Å². The third-order valence-electron chi connectivity index (χ3n) is 3.90. The third kappa shape index (κ3) is 3.34. The minimum Gasteiger partial charge on any atom is -0.336 e. The molecule has 3 rings (SSSR count). The third-order valence-corrected chi connectivity index (χ3v) is 3.90. The van der Waals surface area contributed by atoms with Crippen LogP contribution in [0.25, 0.3) is 0 Å². The Morgan fingerprint density at radius 1 is 1.33 bits per heavy atom. The Bertz CT molecular complexity index is 756. The highest BCUT2D eigenvalue weighted by molar-refractivity contribution is 5.89. The molecule has 1 aliphatic carbocycles. The second-order valence-electron chi connectivity index (χ2n) is 5.65. The van der Waals surface area contributed by atoms with E-state index in [0.717, 1.165) is 30.5 Å². The van der Waals surface area contributed by atoms with Crippen molar-refractivity contribution in [1.82, 2.24) is 19.9 Å². The van der Waals surface area contributed by atoms with Gasteiger partial charge in [0.2, 0.25) is 0 Å². The molecule has 0 radical (unpaired) electrons. The number of hydrogen-bond donors (Lipinski definition) is 2. The largest absolute Gasteiger partial charge is 0.416 e. The van der Waals surface area contributed by atoms with Crippen molar-refractivity contribution in [3.63, 3.8) is 0 Å². The van der Waals surface area contributed by atoms with E-state index in [1.807, 2.05) is 5.32 Å². The van der Waals surface area contributed by atoms with Crippen molar-refractivity contribution in [2.45, 2.75) is 31.5 Å². The molecule has 2 amide bonds. The van der Waals surface area contributed by atoms with Crippen LogP contribution in [-0.2, 0) is 19.9 Å². The standard InChI is InChI=1S/C15H16F3N5O/c1-23-6-5-19-13(23)12(15(16,17)18)22-14(24)21-10-7-9-3-2-4-11(9)20-8-10/h5-8,12H,2-4H2,1H3,(H2,21,22,24). The average molecular weight is 339 g/mol. The van der Waals surface area contributed by atoms with Gasteiger partial charge in [0, 0.05) is 25.1 Å². The summed E-state index contributed by atoms with van der Waals surface area (Å²) < 4.78 is 40.9. The number of urea groups is 1. The molecule has 0 aliphatic heterocycles. The SMILES string of the molecule is Cn1ccnc1C(NC(=O)Nc1cnc2c(c1)CCC2)C(F)(F)F. The zero-order valence-corrected chi connectivity index (χ0v) is 12.9. The Balaban J connectivity index is 1.73. The van der Waals surface area contributed by atoms with Gasteiger partial charge < -0.3 is 15.2 Å². The number of aryl methyl sites for hydroxylation is 3. The topological polar surface area (TPSA) is 71.8 Å². The van der Waals surface area contributed by atoms with E-state index in [2.05, 4.69) is 15.3 Å². The van der Waals surface area contributed by atoms with Crippen molar-refractivity contribution >= 4 is 11.7 Å². The van der Waals surface area contributed by atoms with Gasteiger partial charge in [-0.25, -0.2) is 9.78 Å². The van der Waals surface area contributed by atoms with Crippen LogP contribution in [0.1, 0.15) is 29.5 Å². The Kier molecular flexibility index (Phi) is 4.16. The highest BCUT2D eigenvalue weighted by atomic mass is 19.4. The number of anilines is 1. The van der Waals surface area contributed by atoms with Gasteiger partial charge in [0.1, 0.15) is 5.82 Å². The number of amides is 2. The fourth-order valence-corrected chi connectivity index (χ4v) is 2.74. The van der Waals surface area contributed by atoms with Crippen molar-refractivity contribution in [3.8, 4) is 0 Å². The summed E-state index contributed by atoms with van der Waals surface area (Å²) in [4.78, 5) is 19.9. The number of carbonyl (C=O) groups is 1. The highest BCUT2D eigenvalue weighted by Gasteiger charge is 2.44. The maximum atomic E-state index is 13.2. The molecule has 0 saturated heterocycles. The number of carbonyl (C=O) groups excluding carboxylic acids is 1. The van der Waals surface area contributed by atoms with Crippen LogP contribution in [0.2, 0.25) is 0 Å². The van der Waals surface area contributed by atoms with E-state index in [9.17, 15) is 18.0 Å². The normalized spacial score (nSPS) is 15.0. The maximum absolute atomic E-state index is 13.2. The maximum Gasteiger partial charge on any atom is 0.416 e. The number of alkyl halides is 3. The predicted molar refractivity (Wildman–Crippen MR) is 80.4 cm³/mol. The number of nitrogens with zero attached hydrogens (tertiary/aromatic N) is 3. The molecule has 0 bridgehead atoms. The van der Waals surface area contributed by atoms with E-state index < -0.39 is 18.2 Å². The summed E-state index contributed by atoms with van der Waals surface area (Å²) in [5.41, 5.74) is 2.36. The lowest BCUT2D eigenvalue weighted by Crippen LogP contribution is -2.41. The first kappa shape index (κ1) is 16.3. The highest BCUT2D eigenvalue weighted by Crippen LogP contribution is 2.31. The number of rotatable bonds is 3. The van der Waals surface area contributed by atoms with E-state index in [0.29, 0.717) is 5.69 Å². The van der Waals surface area contributed by atoms with Crippen LogP contribution in [0.15, 0.2) is 24.7 Å². The Morgan fingerprint density at radius 2 is 2.12 bits per heavy atom. The molecule has 1 unspecified atom stereocenters. The van der Waals surface area contributed by atoms with Gasteiger partial charge in [-0.3, -0.25) is 4.98 Å². The van der Waals surface area contributed by atoms with Crippen LogP contribution in [0.3, 0.4) is 0 Å². The minimum atomic E-state index is -4.66. The molecule has 6 nitrogen and oxygen atoms in total. The molecule has 24 heavy (non-hydrogen) atoms. The first-order valence-electron chi connectivity index (χ1n) is 7.44. The molecule has 2 aromatic rings. The van der Waals surface area contributed by atoms with E-state index in [4.69, 9.17) is 0 Å². The lowest BCUT2D eigenvalue weighted by atomic mass is 10.2. The molecule has 2 aromatic heterocycles. The van der Waals surface area contributed by atoms with Gasteiger partial charge in [-0.15, -0.1) is 0 Å². The van der Waals surface area contributed by atoms with E-state index >= 15 is 0 Å². The molecule has 0 saturated carbocycles. The predicted octanol–water partition coefficient (Wildman–Crippen LogP) is 2.73. The van der Waals surface area contributed by atoms with Crippen LogP contribution in [-0.4, -0.2) is 26.7 Å². The molecule has 2 heterocycles.